The first-order chi connectivity index (χ1) is 12.0. The molecule has 0 aliphatic heterocycles. The number of carbonyl (C=O) groups is 1. The van der Waals surface area contributed by atoms with Crippen molar-refractivity contribution in [2.45, 2.75) is 58.8 Å². The maximum atomic E-state index is 13.0. The monoisotopic (exact) mass is 343 g/mol. The standard InChI is InChI=1S/C21H29NO3/c1-5-9-14(2)22-15(3)17-13-20(25-4)19(23)12-18(17)21(24)16-10-7-6-8-11-16/h12-13,16,23H,3,5-11H2,1-2,4H3. The maximum Gasteiger partial charge on any atom is 0.166 e. The lowest BCUT2D eigenvalue weighted by Gasteiger charge is -2.22. The van der Waals surface area contributed by atoms with Crippen LogP contribution in [-0.4, -0.2) is 23.7 Å². The van der Waals surface area contributed by atoms with E-state index in [4.69, 9.17) is 4.74 Å². The van der Waals surface area contributed by atoms with Gasteiger partial charge < -0.3 is 9.84 Å². The minimum absolute atomic E-state index is 0.0209. The van der Waals surface area contributed by atoms with E-state index in [1.54, 1.807) is 6.07 Å². The van der Waals surface area contributed by atoms with Gasteiger partial charge in [0.15, 0.2) is 17.3 Å². The summed E-state index contributed by atoms with van der Waals surface area (Å²) in [4.78, 5) is 17.6. The Bertz CT molecular complexity index is 670. The summed E-state index contributed by atoms with van der Waals surface area (Å²) in [5, 5.41) is 10.2. The Balaban J connectivity index is 2.43. The maximum absolute atomic E-state index is 13.0. The zero-order valence-corrected chi connectivity index (χ0v) is 15.6. The molecule has 136 valence electrons. The van der Waals surface area contributed by atoms with Gasteiger partial charge in [0.1, 0.15) is 0 Å². The van der Waals surface area contributed by atoms with Crippen molar-refractivity contribution in [3.8, 4) is 11.5 Å². The molecule has 1 aromatic carbocycles. The summed E-state index contributed by atoms with van der Waals surface area (Å²) in [6.45, 7) is 8.13. The number of ether oxygens (including phenoxy) is 1. The van der Waals surface area contributed by atoms with Gasteiger partial charge in [-0.3, -0.25) is 9.79 Å². The number of hydrogen-bond acceptors (Lipinski definition) is 4. The van der Waals surface area contributed by atoms with Gasteiger partial charge in [-0.2, -0.15) is 0 Å². The van der Waals surface area contributed by atoms with Crippen molar-refractivity contribution in [1.29, 1.82) is 0 Å². The van der Waals surface area contributed by atoms with E-state index in [-0.39, 0.29) is 17.5 Å². The number of aromatic hydroxyl groups is 1. The van der Waals surface area contributed by atoms with Gasteiger partial charge in [-0.05, 0) is 38.3 Å². The minimum Gasteiger partial charge on any atom is -0.504 e. The van der Waals surface area contributed by atoms with Crippen LogP contribution in [0.2, 0.25) is 0 Å². The molecule has 0 spiro atoms. The summed E-state index contributed by atoms with van der Waals surface area (Å²) in [6, 6.07) is 3.19. The molecule has 0 heterocycles. The number of aliphatic imine (C=N–C) groups is 1. The molecule has 0 amide bonds. The van der Waals surface area contributed by atoms with E-state index in [1.165, 1.54) is 19.6 Å². The van der Waals surface area contributed by atoms with Crippen molar-refractivity contribution in [2.24, 2.45) is 10.9 Å². The van der Waals surface area contributed by atoms with Crippen LogP contribution in [0.4, 0.5) is 0 Å². The van der Waals surface area contributed by atoms with Gasteiger partial charge in [-0.15, -0.1) is 0 Å². The molecule has 4 heteroatoms. The highest BCUT2D eigenvalue weighted by molar-refractivity contribution is 6.03. The van der Waals surface area contributed by atoms with Crippen LogP contribution in [-0.2, 0) is 0 Å². The fourth-order valence-corrected chi connectivity index (χ4v) is 3.47. The first-order valence-electron chi connectivity index (χ1n) is 9.16. The molecule has 0 atom stereocenters. The van der Waals surface area contributed by atoms with Crippen molar-refractivity contribution in [1.82, 2.24) is 0 Å². The summed E-state index contributed by atoms with van der Waals surface area (Å²) in [5.41, 5.74) is 2.68. The Morgan fingerprint density at radius 3 is 2.56 bits per heavy atom. The van der Waals surface area contributed by atoms with E-state index < -0.39 is 0 Å². The number of methoxy groups -OCH3 is 1. The Labute approximate surface area is 150 Å². The zero-order chi connectivity index (χ0) is 18.4. The number of phenols is 1. The molecule has 0 radical (unpaired) electrons. The third-order valence-corrected chi connectivity index (χ3v) is 4.81. The average molecular weight is 343 g/mol. The fourth-order valence-electron chi connectivity index (χ4n) is 3.47. The van der Waals surface area contributed by atoms with E-state index in [0.29, 0.717) is 22.6 Å². The number of Topliss-reactive ketones (excluding diaryl/α,β-unsaturated/α-hetero) is 1. The molecule has 0 unspecified atom stereocenters. The van der Waals surface area contributed by atoms with Crippen molar-refractivity contribution < 1.29 is 14.6 Å². The smallest absolute Gasteiger partial charge is 0.166 e. The molecule has 0 bridgehead atoms. The second-order valence-electron chi connectivity index (χ2n) is 6.81. The van der Waals surface area contributed by atoms with E-state index in [9.17, 15) is 9.90 Å². The lowest BCUT2D eigenvalue weighted by Crippen LogP contribution is -2.19. The number of carbonyl (C=O) groups excluding carboxylic acids is 1. The predicted octanol–water partition coefficient (Wildman–Crippen LogP) is 5.40. The molecule has 2 rings (SSSR count). The fraction of sp³-hybridized carbons (Fsp3) is 0.524. The van der Waals surface area contributed by atoms with Crippen LogP contribution in [0.15, 0.2) is 23.7 Å². The lowest BCUT2D eigenvalue weighted by atomic mass is 9.82. The van der Waals surface area contributed by atoms with Crippen LogP contribution in [0.25, 0.3) is 5.70 Å². The van der Waals surface area contributed by atoms with Crippen LogP contribution >= 0.6 is 0 Å². The van der Waals surface area contributed by atoms with Crippen molar-refractivity contribution in [2.75, 3.05) is 7.11 Å². The summed E-state index contributed by atoms with van der Waals surface area (Å²) in [5.74, 6) is 0.415. The third-order valence-electron chi connectivity index (χ3n) is 4.81. The number of nitrogens with zero attached hydrogens (tertiary/aromatic N) is 1. The highest BCUT2D eigenvalue weighted by Gasteiger charge is 2.26. The topological polar surface area (TPSA) is 58.9 Å². The van der Waals surface area contributed by atoms with Crippen molar-refractivity contribution >= 4 is 17.2 Å². The summed E-state index contributed by atoms with van der Waals surface area (Å²) in [6.07, 6.45) is 7.09. The summed E-state index contributed by atoms with van der Waals surface area (Å²) < 4.78 is 5.22. The molecular formula is C21H29NO3. The first kappa shape index (κ1) is 19.2. The SMILES string of the molecule is C=C(N=C(C)CCC)c1cc(OC)c(O)cc1C(=O)C1CCCCC1. The van der Waals surface area contributed by atoms with Crippen LogP contribution < -0.4 is 4.74 Å². The molecule has 1 aromatic rings. The molecule has 1 aliphatic rings. The highest BCUT2D eigenvalue weighted by atomic mass is 16.5. The molecule has 0 saturated heterocycles. The largest absolute Gasteiger partial charge is 0.504 e. The number of phenolic OH excluding ortho intramolecular Hbond substituents is 1. The van der Waals surface area contributed by atoms with Gasteiger partial charge in [0.25, 0.3) is 0 Å². The average Bonchev–Trinajstić information content (AvgIpc) is 2.61. The van der Waals surface area contributed by atoms with E-state index in [0.717, 1.165) is 44.2 Å². The van der Waals surface area contributed by atoms with Gasteiger partial charge in [-0.25, -0.2) is 0 Å². The first-order valence-corrected chi connectivity index (χ1v) is 9.16. The van der Waals surface area contributed by atoms with Crippen molar-refractivity contribution in [3.05, 3.63) is 29.8 Å². The van der Waals surface area contributed by atoms with E-state index in [1.807, 2.05) is 6.92 Å². The predicted molar refractivity (Wildman–Crippen MR) is 103 cm³/mol. The lowest BCUT2D eigenvalue weighted by molar-refractivity contribution is 0.0889. The molecular weight excluding hydrogens is 314 g/mol. The quantitative estimate of drug-likeness (QED) is 0.533. The Hall–Kier alpha value is -2.10. The normalized spacial score (nSPS) is 15.9. The van der Waals surface area contributed by atoms with Crippen LogP contribution in [0.3, 0.4) is 0 Å². The number of hydrogen-bond donors (Lipinski definition) is 1. The molecule has 1 N–H and O–H groups in total. The van der Waals surface area contributed by atoms with Gasteiger partial charge in [0.05, 0.1) is 12.8 Å². The summed E-state index contributed by atoms with van der Waals surface area (Å²) in [7, 11) is 1.50. The van der Waals surface area contributed by atoms with Crippen LogP contribution in [0.5, 0.6) is 11.5 Å². The van der Waals surface area contributed by atoms with Gasteiger partial charge in [0.2, 0.25) is 0 Å². The molecule has 0 aromatic heterocycles. The second-order valence-corrected chi connectivity index (χ2v) is 6.81. The van der Waals surface area contributed by atoms with Gasteiger partial charge >= 0.3 is 0 Å². The molecule has 25 heavy (non-hydrogen) atoms. The number of rotatable bonds is 7. The minimum atomic E-state index is -0.0209. The van der Waals surface area contributed by atoms with Gasteiger partial charge in [-0.1, -0.05) is 39.2 Å². The van der Waals surface area contributed by atoms with E-state index in [2.05, 4.69) is 18.5 Å². The second kappa shape index (κ2) is 8.84. The zero-order valence-electron chi connectivity index (χ0n) is 15.6. The summed E-state index contributed by atoms with van der Waals surface area (Å²) >= 11 is 0. The van der Waals surface area contributed by atoms with Gasteiger partial charge in [0, 0.05) is 22.8 Å². The Kier molecular flexibility index (Phi) is 6.80. The van der Waals surface area contributed by atoms with Crippen molar-refractivity contribution in [3.63, 3.8) is 0 Å². The molecule has 1 saturated carbocycles. The van der Waals surface area contributed by atoms with E-state index >= 15 is 0 Å². The van der Waals surface area contributed by atoms with Crippen LogP contribution in [0.1, 0.15) is 74.7 Å². The Morgan fingerprint density at radius 2 is 1.96 bits per heavy atom. The third kappa shape index (κ3) is 4.71. The Morgan fingerprint density at radius 1 is 1.28 bits per heavy atom. The number of benzene rings is 1. The molecule has 1 aliphatic carbocycles. The molecule has 4 nitrogen and oxygen atoms in total. The highest BCUT2D eigenvalue weighted by Crippen LogP contribution is 2.36. The molecule has 1 fully saturated rings. The number of ketones is 1. The van der Waals surface area contributed by atoms with Crippen LogP contribution in [0, 0.1) is 5.92 Å².